The molecule has 0 aromatic carbocycles. The fourth-order valence-corrected chi connectivity index (χ4v) is 2.35. The van der Waals surface area contributed by atoms with E-state index in [1.807, 2.05) is 6.92 Å². The Hall–Kier alpha value is -0.760. The van der Waals surface area contributed by atoms with E-state index in [2.05, 4.69) is 6.92 Å². The third-order valence-corrected chi connectivity index (χ3v) is 3.46. The third-order valence-electron chi connectivity index (χ3n) is 3.46. The SMILES string of the molecule is Cc1cocc1C1(O)CCC(C)CC1. The summed E-state index contributed by atoms with van der Waals surface area (Å²) in [5.41, 5.74) is 1.44. The minimum Gasteiger partial charge on any atom is -0.472 e. The number of furan rings is 1. The van der Waals surface area contributed by atoms with E-state index in [0.29, 0.717) is 0 Å². The molecule has 0 radical (unpaired) electrons. The molecule has 0 aliphatic heterocycles. The van der Waals surface area contributed by atoms with Gasteiger partial charge in [-0.2, -0.15) is 0 Å². The van der Waals surface area contributed by atoms with Gasteiger partial charge in [0.25, 0.3) is 0 Å². The molecule has 1 aliphatic carbocycles. The van der Waals surface area contributed by atoms with Crippen LogP contribution < -0.4 is 0 Å². The molecule has 14 heavy (non-hydrogen) atoms. The van der Waals surface area contributed by atoms with Gasteiger partial charge in [0.15, 0.2) is 0 Å². The summed E-state index contributed by atoms with van der Waals surface area (Å²) in [6.07, 6.45) is 7.38. The van der Waals surface area contributed by atoms with Crippen LogP contribution in [0.4, 0.5) is 0 Å². The molecule has 1 fully saturated rings. The summed E-state index contributed by atoms with van der Waals surface area (Å²) in [4.78, 5) is 0. The van der Waals surface area contributed by atoms with Crippen LogP contribution in [0.25, 0.3) is 0 Å². The quantitative estimate of drug-likeness (QED) is 0.745. The highest BCUT2D eigenvalue weighted by Gasteiger charge is 2.35. The molecular weight excluding hydrogens is 176 g/mol. The summed E-state index contributed by atoms with van der Waals surface area (Å²) in [7, 11) is 0. The molecule has 2 nitrogen and oxygen atoms in total. The first-order valence-corrected chi connectivity index (χ1v) is 5.37. The maximum absolute atomic E-state index is 10.5. The van der Waals surface area contributed by atoms with Gasteiger partial charge in [-0.1, -0.05) is 6.92 Å². The van der Waals surface area contributed by atoms with Crippen LogP contribution in [-0.4, -0.2) is 5.11 Å². The van der Waals surface area contributed by atoms with Crippen LogP contribution in [0.3, 0.4) is 0 Å². The van der Waals surface area contributed by atoms with Crippen molar-refractivity contribution in [3.05, 3.63) is 23.7 Å². The molecule has 0 bridgehead atoms. The van der Waals surface area contributed by atoms with E-state index in [0.717, 1.165) is 42.7 Å². The van der Waals surface area contributed by atoms with Crippen LogP contribution in [0.1, 0.15) is 43.7 Å². The Kier molecular flexibility index (Phi) is 2.40. The fraction of sp³-hybridized carbons (Fsp3) is 0.667. The highest BCUT2D eigenvalue weighted by Crippen LogP contribution is 2.40. The average molecular weight is 194 g/mol. The zero-order valence-corrected chi connectivity index (χ0v) is 8.92. The maximum Gasteiger partial charge on any atom is 0.0966 e. The van der Waals surface area contributed by atoms with Crippen molar-refractivity contribution in [3.63, 3.8) is 0 Å². The normalized spacial score (nSPS) is 33.2. The lowest BCUT2D eigenvalue weighted by molar-refractivity contribution is -0.0129. The topological polar surface area (TPSA) is 33.4 Å². The molecule has 78 valence electrons. The summed E-state index contributed by atoms with van der Waals surface area (Å²) < 4.78 is 5.13. The lowest BCUT2D eigenvalue weighted by atomic mass is 9.76. The minimum absolute atomic E-state index is 0.621. The Morgan fingerprint density at radius 1 is 1.36 bits per heavy atom. The molecule has 2 heteroatoms. The lowest BCUT2D eigenvalue weighted by Gasteiger charge is -2.34. The largest absolute Gasteiger partial charge is 0.472 e. The van der Waals surface area contributed by atoms with Gasteiger partial charge in [0.05, 0.1) is 18.1 Å². The first kappa shape index (κ1) is 9.78. The van der Waals surface area contributed by atoms with Gasteiger partial charge in [0, 0.05) is 5.56 Å². The van der Waals surface area contributed by atoms with E-state index in [4.69, 9.17) is 4.42 Å². The zero-order valence-electron chi connectivity index (χ0n) is 8.92. The average Bonchev–Trinajstić information content (AvgIpc) is 2.58. The van der Waals surface area contributed by atoms with Crippen molar-refractivity contribution in [2.45, 2.75) is 45.1 Å². The Balaban J connectivity index is 2.21. The second kappa shape index (κ2) is 3.43. The van der Waals surface area contributed by atoms with Crippen molar-refractivity contribution in [1.82, 2.24) is 0 Å². The fourth-order valence-electron chi connectivity index (χ4n) is 2.35. The van der Waals surface area contributed by atoms with Crippen molar-refractivity contribution >= 4 is 0 Å². The van der Waals surface area contributed by atoms with Gasteiger partial charge in [-0.05, 0) is 44.1 Å². The molecule has 2 rings (SSSR count). The smallest absolute Gasteiger partial charge is 0.0966 e. The Morgan fingerprint density at radius 2 is 2.00 bits per heavy atom. The van der Waals surface area contributed by atoms with Crippen molar-refractivity contribution in [2.24, 2.45) is 5.92 Å². The van der Waals surface area contributed by atoms with Crippen LogP contribution in [0.15, 0.2) is 16.9 Å². The molecular formula is C12H18O2. The van der Waals surface area contributed by atoms with E-state index in [1.54, 1.807) is 12.5 Å². The summed E-state index contributed by atoms with van der Waals surface area (Å²) >= 11 is 0. The second-order valence-corrected chi connectivity index (χ2v) is 4.68. The summed E-state index contributed by atoms with van der Waals surface area (Å²) in [5, 5.41) is 10.5. The molecule has 1 N–H and O–H groups in total. The van der Waals surface area contributed by atoms with Gasteiger partial charge in [0.2, 0.25) is 0 Å². The van der Waals surface area contributed by atoms with Crippen LogP contribution in [0, 0.1) is 12.8 Å². The Morgan fingerprint density at radius 3 is 2.50 bits per heavy atom. The van der Waals surface area contributed by atoms with E-state index in [-0.39, 0.29) is 0 Å². The molecule has 0 unspecified atom stereocenters. The van der Waals surface area contributed by atoms with Crippen molar-refractivity contribution in [1.29, 1.82) is 0 Å². The summed E-state index contributed by atoms with van der Waals surface area (Å²) in [5.74, 6) is 0.752. The molecule has 1 heterocycles. The predicted octanol–water partition coefficient (Wildman–Crippen LogP) is 2.99. The minimum atomic E-state index is -0.621. The van der Waals surface area contributed by atoms with E-state index < -0.39 is 5.60 Å². The van der Waals surface area contributed by atoms with E-state index >= 15 is 0 Å². The molecule has 1 aromatic rings. The number of hydrogen-bond donors (Lipinski definition) is 1. The van der Waals surface area contributed by atoms with E-state index in [9.17, 15) is 5.11 Å². The van der Waals surface area contributed by atoms with E-state index in [1.165, 1.54) is 0 Å². The van der Waals surface area contributed by atoms with Gasteiger partial charge >= 0.3 is 0 Å². The lowest BCUT2D eigenvalue weighted by Crippen LogP contribution is -2.31. The predicted molar refractivity (Wildman–Crippen MR) is 55.0 cm³/mol. The van der Waals surface area contributed by atoms with Crippen LogP contribution >= 0.6 is 0 Å². The summed E-state index contributed by atoms with van der Waals surface area (Å²) in [6, 6.07) is 0. The molecule has 0 atom stereocenters. The van der Waals surface area contributed by atoms with Crippen LogP contribution in [0.5, 0.6) is 0 Å². The van der Waals surface area contributed by atoms with Crippen molar-refractivity contribution < 1.29 is 9.52 Å². The first-order valence-electron chi connectivity index (χ1n) is 5.37. The molecule has 1 saturated carbocycles. The molecule has 1 aliphatic rings. The molecule has 0 saturated heterocycles. The standard InChI is InChI=1S/C12H18O2/c1-9-3-5-12(13,6-4-9)11-8-14-7-10(11)2/h7-9,13H,3-6H2,1-2H3. The molecule has 0 amide bonds. The number of aliphatic hydroxyl groups is 1. The van der Waals surface area contributed by atoms with Gasteiger partial charge in [-0.3, -0.25) is 0 Å². The van der Waals surface area contributed by atoms with Gasteiger partial charge in [-0.15, -0.1) is 0 Å². The van der Waals surface area contributed by atoms with Crippen LogP contribution in [-0.2, 0) is 5.60 Å². The second-order valence-electron chi connectivity index (χ2n) is 4.68. The maximum atomic E-state index is 10.5. The van der Waals surface area contributed by atoms with Gasteiger partial charge in [-0.25, -0.2) is 0 Å². The Bertz CT molecular complexity index is 306. The number of rotatable bonds is 1. The Labute approximate surface area is 84.9 Å². The third kappa shape index (κ3) is 1.59. The van der Waals surface area contributed by atoms with Gasteiger partial charge < -0.3 is 9.52 Å². The monoisotopic (exact) mass is 194 g/mol. The van der Waals surface area contributed by atoms with Crippen molar-refractivity contribution in [2.75, 3.05) is 0 Å². The van der Waals surface area contributed by atoms with Crippen LogP contribution in [0.2, 0.25) is 0 Å². The van der Waals surface area contributed by atoms with Crippen molar-refractivity contribution in [3.8, 4) is 0 Å². The van der Waals surface area contributed by atoms with Gasteiger partial charge in [0.1, 0.15) is 0 Å². The molecule has 1 aromatic heterocycles. The number of aryl methyl sites for hydroxylation is 1. The number of hydrogen-bond acceptors (Lipinski definition) is 2. The zero-order chi connectivity index (χ0) is 10.2. The highest BCUT2D eigenvalue weighted by molar-refractivity contribution is 5.26. The molecule has 0 spiro atoms. The highest BCUT2D eigenvalue weighted by atomic mass is 16.3. The first-order chi connectivity index (χ1) is 6.62. The summed E-state index contributed by atoms with van der Waals surface area (Å²) in [6.45, 7) is 4.25.